The van der Waals surface area contributed by atoms with Crippen molar-refractivity contribution in [3.8, 4) is 0 Å². The van der Waals surface area contributed by atoms with Crippen molar-refractivity contribution in [2.75, 3.05) is 0 Å². The monoisotopic (exact) mass is 158 g/mol. The molecule has 0 aromatic rings. The normalized spacial score (nSPS) is 9.91. The van der Waals surface area contributed by atoms with Crippen LogP contribution in [0.1, 0.15) is 19.8 Å². The number of carbonyl (C=O) groups is 2. The van der Waals surface area contributed by atoms with Gasteiger partial charge in [-0.25, -0.2) is 9.59 Å². The molecule has 0 aliphatic heterocycles. The zero-order valence-electron chi connectivity index (χ0n) is 6.24. The van der Waals surface area contributed by atoms with Crippen LogP contribution in [0.4, 0.5) is 0 Å². The molecule has 1 N–H and O–H groups in total. The van der Waals surface area contributed by atoms with Crippen LogP contribution in [0.25, 0.3) is 0 Å². The molecular formula is C7H10O4. The highest BCUT2D eigenvalue weighted by atomic mass is 16.6. The van der Waals surface area contributed by atoms with Gasteiger partial charge in [0.2, 0.25) is 0 Å². The Balaban J connectivity index is 3.53. The number of carboxylic acid groups (broad SMARTS) is 1. The summed E-state index contributed by atoms with van der Waals surface area (Å²) in [5.74, 6) is -2.83. The summed E-state index contributed by atoms with van der Waals surface area (Å²) < 4.78 is 4.19. The number of aliphatic carboxylic acids is 1. The minimum Gasteiger partial charge on any atom is -0.473 e. The first kappa shape index (κ1) is 9.68. The fourth-order valence-corrected chi connectivity index (χ4v) is 0.395. The maximum absolute atomic E-state index is 10.2. The van der Waals surface area contributed by atoms with Crippen molar-refractivity contribution in [1.29, 1.82) is 0 Å². The molecule has 0 atom stereocenters. The van der Waals surface area contributed by atoms with E-state index in [2.05, 4.69) is 4.74 Å². The van der Waals surface area contributed by atoms with Crippen LogP contribution in [-0.4, -0.2) is 17.0 Å². The van der Waals surface area contributed by atoms with Crippen LogP contribution < -0.4 is 0 Å². The van der Waals surface area contributed by atoms with Gasteiger partial charge in [-0.05, 0) is 12.5 Å². The molecule has 0 rings (SSSR count). The molecule has 11 heavy (non-hydrogen) atoms. The summed E-state index contributed by atoms with van der Waals surface area (Å²) in [7, 11) is 0. The van der Waals surface area contributed by atoms with Crippen LogP contribution in [-0.2, 0) is 14.3 Å². The molecule has 0 spiro atoms. The molecule has 62 valence electrons. The van der Waals surface area contributed by atoms with E-state index in [1.54, 1.807) is 6.08 Å². The lowest BCUT2D eigenvalue weighted by molar-refractivity contribution is -0.160. The Hall–Kier alpha value is -1.32. The van der Waals surface area contributed by atoms with Crippen LogP contribution in [0.5, 0.6) is 0 Å². The Bertz CT molecular complexity index is 171. The van der Waals surface area contributed by atoms with Gasteiger partial charge in [0.05, 0.1) is 6.26 Å². The summed E-state index contributed by atoms with van der Waals surface area (Å²) in [4.78, 5) is 20.1. The summed E-state index contributed by atoms with van der Waals surface area (Å²) in [5, 5.41) is 8.03. The largest absolute Gasteiger partial charge is 0.473 e. The number of allylic oxidation sites excluding steroid dienone is 1. The number of rotatable bonds is 3. The molecule has 0 fully saturated rings. The van der Waals surface area contributed by atoms with Crippen molar-refractivity contribution in [1.82, 2.24) is 0 Å². The zero-order valence-corrected chi connectivity index (χ0v) is 6.24. The van der Waals surface area contributed by atoms with Gasteiger partial charge < -0.3 is 9.84 Å². The fraction of sp³-hybridized carbons (Fsp3) is 0.429. The standard InChI is InChI=1S/C7H10O4/c1-2-3-4-5-11-7(10)6(8)9/h4-5H,2-3H2,1H3,(H,8,9). The van der Waals surface area contributed by atoms with Gasteiger partial charge in [0.15, 0.2) is 0 Å². The molecule has 0 saturated carbocycles. The number of carboxylic acids is 1. The van der Waals surface area contributed by atoms with Gasteiger partial charge >= 0.3 is 11.9 Å². The lowest BCUT2D eigenvalue weighted by Gasteiger charge is -1.90. The topological polar surface area (TPSA) is 63.6 Å². The Morgan fingerprint density at radius 2 is 2.18 bits per heavy atom. The van der Waals surface area contributed by atoms with Crippen molar-refractivity contribution in [2.45, 2.75) is 19.8 Å². The van der Waals surface area contributed by atoms with Crippen LogP contribution in [0, 0.1) is 0 Å². The van der Waals surface area contributed by atoms with E-state index in [1.165, 1.54) is 0 Å². The quantitative estimate of drug-likeness (QED) is 0.377. The highest BCUT2D eigenvalue weighted by Gasteiger charge is 2.09. The molecule has 0 radical (unpaired) electrons. The molecular weight excluding hydrogens is 148 g/mol. The van der Waals surface area contributed by atoms with Crippen molar-refractivity contribution < 1.29 is 19.4 Å². The van der Waals surface area contributed by atoms with E-state index in [0.29, 0.717) is 0 Å². The van der Waals surface area contributed by atoms with E-state index in [-0.39, 0.29) is 0 Å². The predicted octanol–water partition coefficient (Wildman–Crippen LogP) is 0.928. The highest BCUT2D eigenvalue weighted by Crippen LogP contribution is 1.89. The van der Waals surface area contributed by atoms with Gasteiger partial charge in [-0.1, -0.05) is 13.3 Å². The zero-order chi connectivity index (χ0) is 8.69. The van der Waals surface area contributed by atoms with Gasteiger partial charge in [-0.3, -0.25) is 0 Å². The Morgan fingerprint density at radius 3 is 2.64 bits per heavy atom. The summed E-state index contributed by atoms with van der Waals surface area (Å²) in [6.07, 6.45) is 4.40. The third-order valence-corrected chi connectivity index (χ3v) is 0.901. The molecule has 4 heteroatoms. The van der Waals surface area contributed by atoms with Crippen molar-refractivity contribution >= 4 is 11.9 Å². The predicted molar refractivity (Wildman–Crippen MR) is 37.8 cm³/mol. The summed E-state index contributed by atoms with van der Waals surface area (Å²) in [6, 6.07) is 0. The second-order valence-electron chi connectivity index (χ2n) is 1.87. The molecule has 0 aliphatic carbocycles. The van der Waals surface area contributed by atoms with Gasteiger partial charge in [0.25, 0.3) is 0 Å². The summed E-state index contributed by atoms with van der Waals surface area (Å²) in [6.45, 7) is 1.96. The van der Waals surface area contributed by atoms with Gasteiger partial charge in [0.1, 0.15) is 0 Å². The van der Waals surface area contributed by atoms with Gasteiger partial charge in [0, 0.05) is 0 Å². The molecule has 0 aromatic heterocycles. The van der Waals surface area contributed by atoms with Crippen LogP contribution in [0.15, 0.2) is 12.3 Å². The number of unbranched alkanes of at least 4 members (excludes halogenated alkanes) is 1. The summed E-state index contributed by atoms with van der Waals surface area (Å²) >= 11 is 0. The SMILES string of the molecule is CCCC=COC(=O)C(=O)O. The average Bonchev–Trinajstić information content (AvgIpc) is 1.97. The Labute approximate surface area is 64.5 Å². The number of esters is 1. The van der Waals surface area contributed by atoms with E-state index in [1.807, 2.05) is 6.92 Å². The number of ether oxygens (including phenoxy) is 1. The first-order valence-electron chi connectivity index (χ1n) is 3.27. The van der Waals surface area contributed by atoms with E-state index >= 15 is 0 Å². The van der Waals surface area contributed by atoms with Crippen molar-refractivity contribution in [2.24, 2.45) is 0 Å². The molecule has 0 bridgehead atoms. The summed E-state index contributed by atoms with van der Waals surface area (Å²) in [5.41, 5.74) is 0. The van der Waals surface area contributed by atoms with Crippen molar-refractivity contribution in [3.63, 3.8) is 0 Å². The molecule has 0 saturated heterocycles. The molecule has 0 aromatic carbocycles. The van der Waals surface area contributed by atoms with Gasteiger partial charge in [-0.2, -0.15) is 0 Å². The van der Waals surface area contributed by atoms with Crippen LogP contribution in [0.3, 0.4) is 0 Å². The molecule has 4 nitrogen and oxygen atoms in total. The smallest absolute Gasteiger partial charge is 0.422 e. The van der Waals surface area contributed by atoms with Crippen LogP contribution >= 0.6 is 0 Å². The fourth-order valence-electron chi connectivity index (χ4n) is 0.395. The Kier molecular flexibility index (Phi) is 4.81. The third kappa shape index (κ3) is 5.14. The lowest BCUT2D eigenvalue weighted by Crippen LogP contribution is -2.13. The number of hydrogen-bond acceptors (Lipinski definition) is 3. The van der Waals surface area contributed by atoms with E-state index < -0.39 is 11.9 Å². The average molecular weight is 158 g/mol. The number of hydrogen-bond donors (Lipinski definition) is 1. The van der Waals surface area contributed by atoms with E-state index in [4.69, 9.17) is 5.11 Å². The second-order valence-corrected chi connectivity index (χ2v) is 1.87. The third-order valence-electron chi connectivity index (χ3n) is 0.901. The first-order chi connectivity index (χ1) is 5.18. The maximum Gasteiger partial charge on any atom is 0.422 e. The minimum atomic E-state index is -1.58. The van der Waals surface area contributed by atoms with E-state index in [0.717, 1.165) is 19.1 Å². The Morgan fingerprint density at radius 1 is 1.55 bits per heavy atom. The molecule has 0 aliphatic rings. The van der Waals surface area contributed by atoms with Crippen LogP contribution in [0.2, 0.25) is 0 Å². The van der Waals surface area contributed by atoms with Gasteiger partial charge in [-0.15, -0.1) is 0 Å². The maximum atomic E-state index is 10.2. The molecule has 0 unspecified atom stereocenters. The second kappa shape index (κ2) is 5.46. The highest BCUT2D eigenvalue weighted by molar-refractivity contribution is 6.28. The number of carbonyl (C=O) groups excluding carboxylic acids is 1. The lowest BCUT2D eigenvalue weighted by atomic mass is 10.3. The van der Waals surface area contributed by atoms with Crippen molar-refractivity contribution in [3.05, 3.63) is 12.3 Å². The first-order valence-corrected chi connectivity index (χ1v) is 3.27. The molecule has 0 heterocycles. The van der Waals surface area contributed by atoms with E-state index in [9.17, 15) is 9.59 Å². The molecule has 0 amide bonds. The minimum absolute atomic E-state index is 0.771.